The fraction of sp³-hybridized carbons (Fsp3) is 0.364. The Kier molecular flexibility index (Phi) is 4.61. The summed E-state index contributed by atoms with van der Waals surface area (Å²) in [7, 11) is 0. The lowest BCUT2D eigenvalue weighted by molar-refractivity contribution is -0.120. The zero-order chi connectivity index (χ0) is 12.1. The average molecular weight is 285 g/mol. The number of hydrogen-bond acceptors (Lipinski definition) is 3. The minimum Gasteiger partial charge on any atom is -0.345 e. The van der Waals surface area contributed by atoms with Gasteiger partial charge in [0.1, 0.15) is 0 Å². The topological polar surface area (TPSA) is 59.1 Å². The molecule has 0 fully saturated rings. The molecule has 0 aliphatic heterocycles. The number of hydrogen-bond donors (Lipinski definition) is 1. The first-order chi connectivity index (χ1) is 7.50. The van der Waals surface area contributed by atoms with Gasteiger partial charge in [-0.15, -0.1) is 0 Å². The molecule has 5 heteroatoms. The van der Waals surface area contributed by atoms with Crippen LogP contribution in [0.25, 0.3) is 0 Å². The number of aromatic nitrogens is 1. The quantitative estimate of drug-likeness (QED) is 0.917. The standard InChI is InChI=1S/C11H13BrN2O2/c1-7(2)10(15)6-14-11(16)8-3-9(12)5-13-4-8/h3-5,7H,6H2,1-2H3,(H,14,16). The van der Waals surface area contributed by atoms with Gasteiger partial charge in [-0.05, 0) is 22.0 Å². The van der Waals surface area contributed by atoms with Crippen LogP contribution >= 0.6 is 15.9 Å². The van der Waals surface area contributed by atoms with Crippen molar-refractivity contribution in [2.45, 2.75) is 13.8 Å². The number of rotatable bonds is 4. The summed E-state index contributed by atoms with van der Waals surface area (Å²) in [5, 5.41) is 2.56. The molecule has 0 saturated carbocycles. The van der Waals surface area contributed by atoms with Crippen LogP contribution in [0.15, 0.2) is 22.9 Å². The average Bonchev–Trinajstić information content (AvgIpc) is 2.25. The molecule has 0 atom stereocenters. The Morgan fingerprint density at radius 1 is 1.44 bits per heavy atom. The maximum Gasteiger partial charge on any atom is 0.253 e. The molecule has 0 spiro atoms. The van der Waals surface area contributed by atoms with Crippen LogP contribution in [0, 0.1) is 5.92 Å². The SMILES string of the molecule is CC(C)C(=O)CNC(=O)c1cncc(Br)c1. The number of carbonyl (C=O) groups excluding carboxylic acids is 2. The third kappa shape index (κ3) is 3.73. The highest BCUT2D eigenvalue weighted by Crippen LogP contribution is 2.09. The minimum absolute atomic E-state index is 0.0105. The molecule has 4 nitrogen and oxygen atoms in total. The molecule has 1 rings (SSSR count). The van der Waals surface area contributed by atoms with Crippen LogP contribution in [0.2, 0.25) is 0 Å². The van der Waals surface area contributed by atoms with E-state index in [1.54, 1.807) is 26.1 Å². The van der Waals surface area contributed by atoms with E-state index in [2.05, 4.69) is 26.2 Å². The number of amides is 1. The van der Waals surface area contributed by atoms with E-state index in [1.807, 2.05) is 0 Å². The highest BCUT2D eigenvalue weighted by Gasteiger charge is 2.10. The van der Waals surface area contributed by atoms with E-state index in [1.165, 1.54) is 6.20 Å². The van der Waals surface area contributed by atoms with E-state index >= 15 is 0 Å². The molecular formula is C11H13BrN2O2. The first-order valence-corrected chi connectivity index (χ1v) is 5.71. The molecule has 86 valence electrons. The van der Waals surface area contributed by atoms with Crippen molar-refractivity contribution in [2.24, 2.45) is 5.92 Å². The fourth-order valence-electron chi connectivity index (χ4n) is 1.01. The summed E-state index contributed by atoms with van der Waals surface area (Å²) >= 11 is 3.22. The number of Topliss-reactive ketones (excluding diaryl/α,β-unsaturated/α-hetero) is 1. The molecule has 0 aromatic carbocycles. The smallest absolute Gasteiger partial charge is 0.253 e. The zero-order valence-electron chi connectivity index (χ0n) is 9.16. The molecule has 0 radical (unpaired) electrons. The maximum absolute atomic E-state index is 11.6. The van der Waals surface area contributed by atoms with E-state index in [-0.39, 0.29) is 24.2 Å². The van der Waals surface area contributed by atoms with E-state index in [0.29, 0.717) is 5.56 Å². The summed E-state index contributed by atoms with van der Waals surface area (Å²) in [5.41, 5.74) is 0.436. The van der Waals surface area contributed by atoms with Gasteiger partial charge in [0.05, 0.1) is 12.1 Å². The van der Waals surface area contributed by atoms with E-state index in [4.69, 9.17) is 0 Å². The Morgan fingerprint density at radius 3 is 2.69 bits per heavy atom. The van der Waals surface area contributed by atoms with Gasteiger partial charge in [-0.1, -0.05) is 13.8 Å². The van der Waals surface area contributed by atoms with Crippen molar-refractivity contribution < 1.29 is 9.59 Å². The Balaban J connectivity index is 2.57. The molecule has 1 heterocycles. The highest BCUT2D eigenvalue weighted by atomic mass is 79.9. The summed E-state index contributed by atoms with van der Waals surface area (Å²) in [5.74, 6) is -0.347. The molecular weight excluding hydrogens is 272 g/mol. The maximum atomic E-state index is 11.6. The molecule has 0 bridgehead atoms. The number of nitrogens with one attached hydrogen (secondary N) is 1. The van der Waals surface area contributed by atoms with Gasteiger partial charge in [0.15, 0.2) is 5.78 Å². The second-order valence-electron chi connectivity index (χ2n) is 3.70. The summed E-state index contributed by atoms with van der Waals surface area (Å²) in [6.07, 6.45) is 3.05. The predicted octanol–water partition coefficient (Wildman–Crippen LogP) is 1.80. The van der Waals surface area contributed by atoms with Crippen LogP contribution in [0.3, 0.4) is 0 Å². The second-order valence-corrected chi connectivity index (χ2v) is 4.61. The third-order valence-electron chi connectivity index (χ3n) is 2.03. The summed E-state index contributed by atoms with van der Waals surface area (Å²) in [4.78, 5) is 26.8. The monoisotopic (exact) mass is 284 g/mol. The minimum atomic E-state index is -0.289. The van der Waals surface area contributed by atoms with Crippen molar-refractivity contribution in [1.82, 2.24) is 10.3 Å². The van der Waals surface area contributed by atoms with Crippen molar-refractivity contribution in [2.75, 3.05) is 6.54 Å². The molecule has 0 aliphatic rings. The number of halogens is 1. The largest absolute Gasteiger partial charge is 0.345 e. The van der Waals surface area contributed by atoms with Gasteiger partial charge in [-0.2, -0.15) is 0 Å². The summed E-state index contributed by atoms with van der Waals surface area (Å²) < 4.78 is 0.732. The first-order valence-electron chi connectivity index (χ1n) is 4.92. The van der Waals surface area contributed by atoms with Crippen molar-refractivity contribution in [3.05, 3.63) is 28.5 Å². The van der Waals surface area contributed by atoms with Gasteiger partial charge >= 0.3 is 0 Å². The van der Waals surface area contributed by atoms with Gasteiger partial charge in [-0.3, -0.25) is 14.6 Å². The highest BCUT2D eigenvalue weighted by molar-refractivity contribution is 9.10. The lowest BCUT2D eigenvalue weighted by atomic mass is 10.1. The van der Waals surface area contributed by atoms with E-state index in [0.717, 1.165) is 4.47 Å². The molecule has 1 aromatic rings. The van der Waals surface area contributed by atoms with Crippen molar-refractivity contribution in [3.63, 3.8) is 0 Å². The molecule has 0 unspecified atom stereocenters. The third-order valence-corrected chi connectivity index (χ3v) is 2.47. The van der Waals surface area contributed by atoms with Gasteiger partial charge in [0, 0.05) is 22.8 Å². The first kappa shape index (κ1) is 12.8. The van der Waals surface area contributed by atoms with Gasteiger partial charge in [0.2, 0.25) is 0 Å². The number of carbonyl (C=O) groups is 2. The van der Waals surface area contributed by atoms with Crippen molar-refractivity contribution in [1.29, 1.82) is 0 Å². The Bertz CT molecular complexity index is 405. The summed E-state index contributed by atoms with van der Waals surface area (Å²) in [6.45, 7) is 3.66. The Labute approximate surface area is 103 Å². The molecule has 16 heavy (non-hydrogen) atoms. The van der Waals surface area contributed by atoms with Crippen molar-refractivity contribution in [3.8, 4) is 0 Å². The number of pyridine rings is 1. The van der Waals surface area contributed by atoms with Crippen LogP contribution in [0.5, 0.6) is 0 Å². The number of ketones is 1. The van der Waals surface area contributed by atoms with Gasteiger partial charge in [-0.25, -0.2) is 0 Å². The summed E-state index contributed by atoms with van der Waals surface area (Å²) in [6, 6.07) is 1.65. The molecule has 0 saturated heterocycles. The lowest BCUT2D eigenvalue weighted by Crippen LogP contribution is -2.31. The van der Waals surface area contributed by atoms with Crippen LogP contribution in [0.4, 0.5) is 0 Å². The van der Waals surface area contributed by atoms with E-state index in [9.17, 15) is 9.59 Å². The van der Waals surface area contributed by atoms with Crippen LogP contribution in [-0.4, -0.2) is 23.2 Å². The number of nitrogens with zero attached hydrogens (tertiary/aromatic N) is 1. The Morgan fingerprint density at radius 2 is 2.12 bits per heavy atom. The predicted molar refractivity (Wildman–Crippen MR) is 64.1 cm³/mol. The van der Waals surface area contributed by atoms with Crippen LogP contribution in [0.1, 0.15) is 24.2 Å². The zero-order valence-corrected chi connectivity index (χ0v) is 10.7. The van der Waals surface area contributed by atoms with Crippen LogP contribution in [-0.2, 0) is 4.79 Å². The van der Waals surface area contributed by atoms with Gasteiger partial charge < -0.3 is 5.32 Å². The van der Waals surface area contributed by atoms with Crippen LogP contribution < -0.4 is 5.32 Å². The van der Waals surface area contributed by atoms with Crippen molar-refractivity contribution >= 4 is 27.6 Å². The molecule has 1 N–H and O–H groups in total. The lowest BCUT2D eigenvalue weighted by Gasteiger charge is -2.06. The second kappa shape index (κ2) is 5.75. The molecule has 0 aliphatic carbocycles. The molecule has 1 aromatic heterocycles. The van der Waals surface area contributed by atoms with Gasteiger partial charge in [0.25, 0.3) is 5.91 Å². The van der Waals surface area contributed by atoms with E-state index < -0.39 is 0 Å². The molecule has 1 amide bonds. The fourth-order valence-corrected chi connectivity index (χ4v) is 1.37. The Hall–Kier alpha value is -1.23. The normalized spacial score (nSPS) is 10.2.